The summed E-state index contributed by atoms with van der Waals surface area (Å²) in [5.41, 5.74) is 27.0. The van der Waals surface area contributed by atoms with E-state index in [2.05, 4.69) is 198 Å². The van der Waals surface area contributed by atoms with Gasteiger partial charge in [0, 0.05) is 32.2 Å². The third-order valence-corrected chi connectivity index (χ3v) is 13.3. The van der Waals surface area contributed by atoms with Crippen LogP contribution in [0, 0.1) is 6.92 Å². The molecule has 57 heavy (non-hydrogen) atoms. The van der Waals surface area contributed by atoms with Gasteiger partial charge in [-0.05, 0) is 131 Å². The van der Waals surface area contributed by atoms with Crippen LogP contribution in [0.2, 0.25) is 0 Å². The second-order valence-corrected chi connectivity index (χ2v) is 16.8. The van der Waals surface area contributed by atoms with E-state index in [9.17, 15) is 0 Å². The number of para-hydroxylation sites is 1. The summed E-state index contributed by atoms with van der Waals surface area (Å²) >= 11 is 1.92. The predicted molar refractivity (Wildman–Crippen MR) is 248 cm³/mol. The smallest absolute Gasteiger partial charge is 0.0577 e. The van der Waals surface area contributed by atoms with Crippen molar-refractivity contribution in [3.05, 3.63) is 195 Å². The van der Waals surface area contributed by atoms with E-state index in [0.29, 0.717) is 5.92 Å². The van der Waals surface area contributed by atoms with Crippen molar-refractivity contribution >= 4 is 38.8 Å². The molecule has 0 bridgehead atoms. The Kier molecular flexibility index (Phi) is 11.3. The van der Waals surface area contributed by atoms with Gasteiger partial charge in [-0.1, -0.05) is 155 Å². The molecule has 1 aliphatic rings. The molecule has 286 valence electrons. The summed E-state index contributed by atoms with van der Waals surface area (Å²) in [6, 6.07) is 49.8. The third-order valence-electron chi connectivity index (χ3n) is 12.0. The number of aryl methyl sites for hydroxylation is 3. The maximum absolute atomic E-state index is 3.83. The van der Waals surface area contributed by atoms with E-state index in [-0.39, 0.29) is 5.92 Å². The fourth-order valence-corrected chi connectivity index (χ4v) is 9.88. The minimum absolute atomic E-state index is 0.250. The number of nitrogens with one attached hydrogen (secondary N) is 2. The lowest BCUT2D eigenvalue weighted by Crippen LogP contribution is -2.26. The molecule has 8 rings (SSSR count). The average molecular weight is 763 g/mol. The summed E-state index contributed by atoms with van der Waals surface area (Å²) in [6.07, 6.45) is 8.47. The molecule has 2 unspecified atom stereocenters. The molecular weight excluding hydrogens is 709 g/mol. The summed E-state index contributed by atoms with van der Waals surface area (Å²) in [7, 11) is 0. The third kappa shape index (κ3) is 7.62. The van der Waals surface area contributed by atoms with E-state index in [0.717, 1.165) is 31.4 Å². The molecule has 0 radical (unpaired) electrons. The highest BCUT2D eigenvalue weighted by atomic mass is 32.1. The van der Waals surface area contributed by atoms with E-state index < -0.39 is 0 Å². The molecule has 0 aliphatic heterocycles. The monoisotopic (exact) mass is 762 g/mol. The highest BCUT2D eigenvalue weighted by molar-refractivity contribution is 7.19. The quantitative estimate of drug-likeness (QED) is 0.121. The van der Waals surface area contributed by atoms with Gasteiger partial charge in [-0.2, -0.15) is 0 Å². The predicted octanol–water partition coefficient (Wildman–Crippen LogP) is 15.1. The van der Waals surface area contributed by atoms with Gasteiger partial charge < -0.3 is 10.9 Å². The van der Waals surface area contributed by atoms with Crippen molar-refractivity contribution in [3.63, 3.8) is 0 Å². The highest BCUT2D eigenvalue weighted by Gasteiger charge is 2.26. The number of hydrogen-bond donors (Lipinski definition) is 2. The number of thiophene rings is 1. The van der Waals surface area contributed by atoms with Crippen molar-refractivity contribution in [1.82, 2.24) is 5.43 Å². The Morgan fingerprint density at radius 2 is 1.44 bits per heavy atom. The van der Waals surface area contributed by atoms with Crippen LogP contribution in [0.5, 0.6) is 0 Å². The summed E-state index contributed by atoms with van der Waals surface area (Å²) in [5, 5.41) is 1.35. The Morgan fingerprint density at radius 3 is 2.25 bits per heavy atom. The van der Waals surface area contributed by atoms with Crippen molar-refractivity contribution in [2.24, 2.45) is 0 Å². The van der Waals surface area contributed by atoms with Gasteiger partial charge in [-0.3, -0.25) is 0 Å². The van der Waals surface area contributed by atoms with Crippen LogP contribution in [0.15, 0.2) is 145 Å². The maximum atomic E-state index is 3.83. The second kappa shape index (κ2) is 16.8. The molecule has 7 aromatic rings. The molecule has 0 saturated carbocycles. The molecule has 2 N–H and O–H groups in total. The molecule has 3 heteroatoms. The summed E-state index contributed by atoms with van der Waals surface area (Å²) < 4.78 is 1.36. The van der Waals surface area contributed by atoms with Gasteiger partial charge in [-0.15, -0.1) is 11.3 Å². The van der Waals surface area contributed by atoms with E-state index in [1.807, 2.05) is 11.3 Å². The molecule has 2 atom stereocenters. The van der Waals surface area contributed by atoms with Crippen molar-refractivity contribution in [2.45, 2.75) is 79.1 Å². The molecular formula is C54H54N2S. The Bertz CT molecular complexity index is 2610. The lowest BCUT2D eigenvalue weighted by molar-refractivity contribution is 0.731. The Labute approximate surface area is 344 Å². The van der Waals surface area contributed by atoms with Crippen LogP contribution in [-0.2, 0) is 12.8 Å². The van der Waals surface area contributed by atoms with Crippen LogP contribution in [0.25, 0.3) is 44.0 Å². The normalized spacial score (nSPS) is 13.9. The van der Waals surface area contributed by atoms with Gasteiger partial charge in [0.15, 0.2) is 0 Å². The van der Waals surface area contributed by atoms with E-state index in [4.69, 9.17) is 0 Å². The maximum Gasteiger partial charge on any atom is 0.0577 e. The minimum Gasteiger partial charge on any atom is -0.304 e. The average Bonchev–Trinajstić information content (AvgIpc) is 3.61. The first-order chi connectivity index (χ1) is 27.9. The summed E-state index contributed by atoms with van der Waals surface area (Å²) in [6.45, 7) is 13.6. The van der Waals surface area contributed by atoms with Crippen LogP contribution in [0.4, 0.5) is 5.69 Å². The molecule has 0 amide bonds. The molecule has 1 aromatic heterocycles. The number of fused-ring (bicyclic) bond motifs is 2. The first-order valence-corrected chi connectivity index (χ1v) is 21.6. The molecule has 1 aliphatic carbocycles. The summed E-state index contributed by atoms with van der Waals surface area (Å²) in [4.78, 5) is 1.45. The van der Waals surface area contributed by atoms with Crippen molar-refractivity contribution in [3.8, 4) is 22.3 Å². The van der Waals surface area contributed by atoms with E-state index >= 15 is 0 Å². The van der Waals surface area contributed by atoms with Crippen molar-refractivity contribution in [1.29, 1.82) is 0 Å². The number of anilines is 1. The van der Waals surface area contributed by atoms with Crippen LogP contribution in [0.1, 0.15) is 109 Å². The zero-order chi connectivity index (χ0) is 39.5. The van der Waals surface area contributed by atoms with Gasteiger partial charge in [0.1, 0.15) is 0 Å². The van der Waals surface area contributed by atoms with Crippen molar-refractivity contribution < 1.29 is 0 Å². The number of benzene rings is 6. The van der Waals surface area contributed by atoms with Crippen molar-refractivity contribution in [2.75, 3.05) is 5.43 Å². The molecule has 1 heterocycles. The molecule has 0 spiro atoms. The highest BCUT2D eigenvalue weighted by Crippen LogP contribution is 2.44. The van der Waals surface area contributed by atoms with Gasteiger partial charge in [0.05, 0.1) is 5.69 Å². The van der Waals surface area contributed by atoms with Gasteiger partial charge in [0.25, 0.3) is 0 Å². The minimum atomic E-state index is 0.250. The van der Waals surface area contributed by atoms with Crippen LogP contribution >= 0.6 is 11.3 Å². The molecule has 6 aromatic carbocycles. The Hall–Kier alpha value is -5.64. The largest absolute Gasteiger partial charge is 0.304 e. The zero-order valence-corrected chi connectivity index (χ0v) is 35.1. The molecule has 0 fully saturated rings. The second-order valence-electron chi connectivity index (χ2n) is 15.6. The first kappa shape index (κ1) is 38.2. The lowest BCUT2D eigenvalue weighted by atomic mass is 9.78. The van der Waals surface area contributed by atoms with Crippen LogP contribution in [-0.4, -0.2) is 0 Å². The van der Waals surface area contributed by atoms with E-state index in [1.165, 1.54) is 93.0 Å². The Balaban J connectivity index is 1.24. The number of hydrazine groups is 1. The van der Waals surface area contributed by atoms with Gasteiger partial charge >= 0.3 is 0 Å². The van der Waals surface area contributed by atoms with Gasteiger partial charge in [0.2, 0.25) is 0 Å². The Morgan fingerprint density at radius 1 is 0.684 bits per heavy atom. The fourth-order valence-electron chi connectivity index (χ4n) is 8.77. The van der Waals surface area contributed by atoms with Crippen LogP contribution < -0.4 is 10.9 Å². The van der Waals surface area contributed by atoms with E-state index in [1.54, 1.807) is 0 Å². The van der Waals surface area contributed by atoms with Crippen LogP contribution in [0.3, 0.4) is 0 Å². The lowest BCUT2D eigenvalue weighted by Gasteiger charge is -2.30. The standard InChI is InChI=1S/C54H54N2S/c1-7-17-45-48-34-41(29-31-52(48)57-51(45)9-3)40-20-15-21-42(33-40)44-23-16-24-46(53(44)36(5)8-2)54-47-32-35(4)26-27-39(47)28-30-50(54)56-55-49-25-14-13-22-43(49)37(6)38-18-11-10-12-19-38/h7,10-27,29,31-34,36-37,55-56H,8-9,28,30H2,1-6H3/b17-7-. The number of hydrogen-bond acceptors (Lipinski definition) is 3. The fraction of sp³-hybridized carbons (Fsp3) is 0.222. The topological polar surface area (TPSA) is 24.1 Å². The summed E-state index contributed by atoms with van der Waals surface area (Å²) in [5.74, 6) is 0.600. The SMILES string of the molecule is C/C=C\c1c(CC)sc2ccc(-c3cccc(-c4cccc(C5=C(NNc6ccccc6C(C)c6ccccc6)CCc6ccc(C)cc65)c4C(C)CC)c3)cc12. The molecule has 2 nitrogen and oxygen atoms in total. The van der Waals surface area contributed by atoms with Gasteiger partial charge in [-0.25, -0.2) is 0 Å². The zero-order valence-electron chi connectivity index (χ0n) is 34.2. The number of rotatable bonds is 12. The first-order valence-electron chi connectivity index (χ1n) is 20.8. The molecule has 0 saturated heterocycles. The number of allylic oxidation sites excluding steroid dienone is 2.